The standard InChI is InChI=1S/C18H22N4OS/c1-2-22-16(13-8-9-13)20-21-18(22)24-15(12-6-4-3-5-7-12)17(23)19-14-10-11-14/h3-7,13-15H,2,8-11H2,1H3,(H,19,23). The van der Waals surface area contributed by atoms with Gasteiger partial charge in [0.2, 0.25) is 5.91 Å². The smallest absolute Gasteiger partial charge is 0.238 e. The van der Waals surface area contributed by atoms with Crippen molar-refractivity contribution in [3.05, 3.63) is 41.7 Å². The Morgan fingerprint density at radius 3 is 2.62 bits per heavy atom. The number of carbonyl (C=O) groups excluding carboxylic acids is 1. The highest BCUT2D eigenvalue weighted by molar-refractivity contribution is 8.00. The Bertz CT molecular complexity index is 722. The number of benzene rings is 1. The van der Waals surface area contributed by atoms with Gasteiger partial charge in [-0.05, 0) is 38.2 Å². The molecule has 1 aromatic heterocycles. The number of amides is 1. The minimum absolute atomic E-state index is 0.0762. The van der Waals surface area contributed by atoms with Gasteiger partial charge in [0, 0.05) is 18.5 Å². The maximum absolute atomic E-state index is 12.8. The van der Waals surface area contributed by atoms with Gasteiger partial charge in [-0.2, -0.15) is 0 Å². The minimum Gasteiger partial charge on any atom is -0.352 e. The zero-order valence-corrected chi connectivity index (χ0v) is 14.6. The molecule has 0 bridgehead atoms. The second kappa shape index (κ2) is 6.59. The molecule has 0 aliphatic heterocycles. The summed E-state index contributed by atoms with van der Waals surface area (Å²) in [6, 6.07) is 10.3. The van der Waals surface area contributed by atoms with Gasteiger partial charge in [0.15, 0.2) is 5.16 Å². The van der Waals surface area contributed by atoms with Crippen LogP contribution in [-0.2, 0) is 11.3 Å². The highest BCUT2D eigenvalue weighted by atomic mass is 32.2. The number of thioether (sulfide) groups is 1. The fourth-order valence-electron chi connectivity index (χ4n) is 2.84. The van der Waals surface area contributed by atoms with Gasteiger partial charge in [-0.1, -0.05) is 42.1 Å². The summed E-state index contributed by atoms with van der Waals surface area (Å²) >= 11 is 1.51. The average Bonchev–Trinajstić information content (AvgIpc) is 3.53. The predicted octanol–water partition coefficient (Wildman–Crippen LogP) is 3.29. The molecule has 1 amide bonds. The van der Waals surface area contributed by atoms with Crippen molar-refractivity contribution in [2.75, 3.05) is 0 Å². The first-order chi connectivity index (χ1) is 11.8. The van der Waals surface area contributed by atoms with E-state index >= 15 is 0 Å². The molecule has 0 spiro atoms. The first kappa shape index (κ1) is 15.7. The highest BCUT2D eigenvalue weighted by Crippen LogP contribution is 2.42. The maximum atomic E-state index is 12.8. The molecule has 1 heterocycles. The molecule has 1 N–H and O–H groups in total. The van der Waals surface area contributed by atoms with E-state index in [1.807, 2.05) is 30.3 Å². The van der Waals surface area contributed by atoms with Crippen LogP contribution >= 0.6 is 11.8 Å². The summed E-state index contributed by atoms with van der Waals surface area (Å²) in [5.41, 5.74) is 1.01. The van der Waals surface area contributed by atoms with Crippen molar-refractivity contribution < 1.29 is 4.79 Å². The quantitative estimate of drug-likeness (QED) is 0.785. The van der Waals surface area contributed by atoms with Crippen LogP contribution in [-0.4, -0.2) is 26.7 Å². The number of aromatic nitrogens is 3. The minimum atomic E-state index is -0.284. The molecule has 6 heteroatoms. The monoisotopic (exact) mass is 342 g/mol. The number of hydrogen-bond acceptors (Lipinski definition) is 4. The van der Waals surface area contributed by atoms with Crippen molar-refractivity contribution in [2.45, 2.75) is 61.5 Å². The van der Waals surface area contributed by atoms with Gasteiger partial charge >= 0.3 is 0 Å². The van der Waals surface area contributed by atoms with Gasteiger partial charge in [-0.25, -0.2) is 0 Å². The Hall–Kier alpha value is -1.82. The van der Waals surface area contributed by atoms with Crippen LogP contribution in [0.5, 0.6) is 0 Å². The fraction of sp³-hybridized carbons (Fsp3) is 0.500. The van der Waals surface area contributed by atoms with Crippen LogP contribution in [0.15, 0.2) is 35.5 Å². The second-order valence-electron chi connectivity index (χ2n) is 6.55. The Labute approximate surface area is 146 Å². The van der Waals surface area contributed by atoms with E-state index in [1.165, 1.54) is 24.6 Å². The van der Waals surface area contributed by atoms with E-state index in [-0.39, 0.29) is 11.2 Å². The van der Waals surface area contributed by atoms with Crippen molar-refractivity contribution in [2.24, 2.45) is 0 Å². The van der Waals surface area contributed by atoms with Gasteiger partial charge in [-0.15, -0.1) is 10.2 Å². The molecular weight excluding hydrogens is 320 g/mol. The molecule has 1 unspecified atom stereocenters. The SMILES string of the molecule is CCn1c(SC(C(=O)NC2CC2)c2ccccc2)nnc1C1CC1. The topological polar surface area (TPSA) is 59.8 Å². The van der Waals surface area contributed by atoms with Crippen molar-refractivity contribution in [1.29, 1.82) is 0 Å². The molecule has 2 fully saturated rings. The highest BCUT2D eigenvalue weighted by Gasteiger charge is 2.33. The largest absolute Gasteiger partial charge is 0.352 e. The zero-order valence-electron chi connectivity index (χ0n) is 13.8. The molecule has 2 saturated carbocycles. The van der Waals surface area contributed by atoms with Crippen LogP contribution in [0.25, 0.3) is 0 Å². The molecule has 2 aliphatic carbocycles. The summed E-state index contributed by atoms with van der Waals surface area (Å²) < 4.78 is 2.17. The number of carbonyl (C=O) groups is 1. The summed E-state index contributed by atoms with van der Waals surface area (Å²) in [4.78, 5) is 12.8. The second-order valence-corrected chi connectivity index (χ2v) is 7.62. The number of hydrogen-bond donors (Lipinski definition) is 1. The lowest BCUT2D eigenvalue weighted by atomic mass is 10.1. The Morgan fingerprint density at radius 1 is 1.25 bits per heavy atom. The van der Waals surface area contributed by atoms with Gasteiger partial charge < -0.3 is 9.88 Å². The van der Waals surface area contributed by atoms with Gasteiger partial charge in [0.05, 0.1) is 0 Å². The van der Waals surface area contributed by atoms with Gasteiger partial charge in [0.25, 0.3) is 0 Å². The lowest BCUT2D eigenvalue weighted by molar-refractivity contribution is -0.120. The lowest BCUT2D eigenvalue weighted by Crippen LogP contribution is -2.30. The molecule has 5 nitrogen and oxygen atoms in total. The van der Waals surface area contributed by atoms with E-state index in [0.717, 1.165) is 35.9 Å². The van der Waals surface area contributed by atoms with E-state index in [2.05, 4.69) is 27.0 Å². The molecule has 1 aromatic carbocycles. The molecule has 2 aliphatic rings. The van der Waals surface area contributed by atoms with E-state index < -0.39 is 0 Å². The van der Waals surface area contributed by atoms with E-state index in [0.29, 0.717) is 12.0 Å². The third kappa shape index (κ3) is 3.34. The Balaban J connectivity index is 1.60. The Morgan fingerprint density at radius 2 is 2.00 bits per heavy atom. The van der Waals surface area contributed by atoms with Crippen LogP contribution in [0.4, 0.5) is 0 Å². The average molecular weight is 342 g/mol. The van der Waals surface area contributed by atoms with E-state index in [4.69, 9.17) is 0 Å². The molecule has 2 aromatic rings. The molecule has 4 rings (SSSR count). The molecule has 0 saturated heterocycles. The Kier molecular flexibility index (Phi) is 4.31. The molecular formula is C18H22N4OS. The van der Waals surface area contributed by atoms with Crippen molar-refractivity contribution >= 4 is 17.7 Å². The van der Waals surface area contributed by atoms with Crippen LogP contribution in [0.2, 0.25) is 0 Å². The van der Waals surface area contributed by atoms with Gasteiger partial charge in [0.1, 0.15) is 11.1 Å². The fourth-order valence-corrected chi connectivity index (χ4v) is 3.96. The van der Waals surface area contributed by atoms with Gasteiger partial charge in [-0.3, -0.25) is 4.79 Å². The number of nitrogens with one attached hydrogen (secondary N) is 1. The first-order valence-corrected chi connectivity index (χ1v) is 9.59. The van der Waals surface area contributed by atoms with Crippen LogP contribution < -0.4 is 5.32 Å². The van der Waals surface area contributed by atoms with Crippen molar-refractivity contribution in [1.82, 2.24) is 20.1 Å². The first-order valence-electron chi connectivity index (χ1n) is 8.71. The molecule has 1 atom stereocenters. The van der Waals surface area contributed by atoms with Crippen molar-refractivity contribution in [3.63, 3.8) is 0 Å². The normalized spacial score (nSPS) is 18.4. The molecule has 126 valence electrons. The number of rotatable bonds is 7. The maximum Gasteiger partial charge on any atom is 0.238 e. The zero-order chi connectivity index (χ0) is 16.5. The summed E-state index contributed by atoms with van der Waals surface area (Å²) in [5, 5.41) is 12.5. The van der Waals surface area contributed by atoms with E-state index in [9.17, 15) is 4.79 Å². The van der Waals surface area contributed by atoms with Crippen LogP contribution in [0.3, 0.4) is 0 Å². The molecule has 24 heavy (non-hydrogen) atoms. The number of nitrogens with zero attached hydrogens (tertiary/aromatic N) is 3. The van der Waals surface area contributed by atoms with E-state index in [1.54, 1.807) is 0 Å². The van der Waals surface area contributed by atoms with Crippen LogP contribution in [0.1, 0.15) is 55.2 Å². The summed E-state index contributed by atoms with van der Waals surface area (Å²) in [5.74, 6) is 1.71. The molecule has 0 radical (unpaired) electrons. The summed E-state index contributed by atoms with van der Waals surface area (Å²) in [6.45, 7) is 2.95. The summed E-state index contributed by atoms with van der Waals surface area (Å²) in [6.07, 6.45) is 4.59. The summed E-state index contributed by atoms with van der Waals surface area (Å²) in [7, 11) is 0. The third-order valence-electron chi connectivity index (χ3n) is 4.49. The third-order valence-corrected chi connectivity index (χ3v) is 5.73. The van der Waals surface area contributed by atoms with Crippen LogP contribution in [0, 0.1) is 0 Å². The lowest BCUT2D eigenvalue weighted by Gasteiger charge is -2.17. The predicted molar refractivity (Wildman–Crippen MR) is 93.9 cm³/mol. The van der Waals surface area contributed by atoms with Crippen molar-refractivity contribution in [3.8, 4) is 0 Å².